The van der Waals surface area contributed by atoms with Crippen LogP contribution in [-0.2, 0) is 24.9 Å². The topological polar surface area (TPSA) is 91.4 Å². The zero-order valence-electron chi connectivity index (χ0n) is 16.6. The van der Waals surface area contributed by atoms with Crippen LogP contribution in [0.2, 0.25) is 0 Å². The van der Waals surface area contributed by atoms with Crippen LogP contribution in [0.4, 0.5) is 0 Å². The van der Waals surface area contributed by atoms with Crippen LogP contribution in [-0.4, -0.2) is 56.5 Å². The Kier molecular flexibility index (Phi) is 6.13. The number of hydrogen-bond donors (Lipinski definition) is 0. The number of carbonyl (C=O) groups excluding carboxylic acids is 1. The number of pyridine rings is 1. The van der Waals surface area contributed by atoms with Crippen molar-refractivity contribution < 1.29 is 9.53 Å². The minimum Gasteiger partial charge on any atom is -0.383 e. The zero-order valence-corrected chi connectivity index (χ0v) is 16.6. The van der Waals surface area contributed by atoms with Crippen LogP contribution in [0.5, 0.6) is 0 Å². The van der Waals surface area contributed by atoms with Crippen LogP contribution >= 0.6 is 0 Å². The van der Waals surface area contributed by atoms with E-state index in [1.165, 1.54) is 9.25 Å². The van der Waals surface area contributed by atoms with Gasteiger partial charge in [-0.3, -0.25) is 14.2 Å². The Balaban J connectivity index is 1.73. The first kappa shape index (κ1) is 20.1. The summed E-state index contributed by atoms with van der Waals surface area (Å²) in [4.78, 5) is 39.2. The van der Waals surface area contributed by atoms with Gasteiger partial charge >= 0.3 is 5.69 Å². The van der Waals surface area contributed by atoms with Crippen LogP contribution in [0.3, 0.4) is 0 Å². The summed E-state index contributed by atoms with van der Waals surface area (Å²) in [5.41, 5.74) is -0.218. The highest BCUT2D eigenvalue weighted by Gasteiger charge is 2.29. The van der Waals surface area contributed by atoms with Gasteiger partial charge in [-0.05, 0) is 31.9 Å². The van der Waals surface area contributed by atoms with Crippen molar-refractivity contribution in [1.29, 1.82) is 0 Å². The van der Waals surface area contributed by atoms with Crippen LogP contribution < -0.4 is 11.2 Å². The van der Waals surface area contributed by atoms with Gasteiger partial charge < -0.3 is 14.2 Å². The normalized spacial score (nSPS) is 15.2. The highest BCUT2D eigenvalue weighted by molar-refractivity contribution is 5.93. The standard InChI is InChI=1S/C19H27N5O4/c1-4-23-16(20-24(19(23)27)12-13-28-3)14-7-10-22(11-8-14)18(26)15-6-5-9-21(2)17(15)25/h5-6,9,14H,4,7-8,10-13H2,1-3H3. The number of nitrogens with zero attached hydrogens (tertiary/aromatic N) is 5. The highest BCUT2D eigenvalue weighted by atomic mass is 16.5. The maximum atomic E-state index is 12.7. The number of piperidine rings is 1. The van der Waals surface area contributed by atoms with Crippen molar-refractivity contribution in [3.05, 3.63) is 50.6 Å². The molecule has 28 heavy (non-hydrogen) atoms. The maximum Gasteiger partial charge on any atom is 0.345 e. The SMILES string of the molecule is CCn1c(C2CCN(C(=O)c3cccn(C)c3=O)CC2)nn(CCOC)c1=O. The number of likely N-dealkylation sites (tertiary alicyclic amines) is 1. The van der Waals surface area contributed by atoms with Gasteiger partial charge in [0.15, 0.2) is 0 Å². The van der Waals surface area contributed by atoms with E-state index in [0.29, 0.717) is 45.6 Å². The van der Waals surface area contributed by atoms with Gasteiger partial charge in [-0.1, -0.05) is 0 Å². The van der Waals surface area contributed by atoms with Gasteiger partial charge in [0, 0.05) is 45.9 Å². The lowest BCUT2D eigenvalue weighted by Crippen LogP contribution is -2.41. The third-order valence-corrected chi connectivity index (χ3v) is 5.28. The van der Waals surface area contributed by atoms with Crippen molar-refractivity contribution in [2.24, 2.45) is 7.05 Å². The number of hydrogen-bond acceptors (Lipinski definition) is 5. The molecule has 0 unspecified atom stereocenters. The number of aromatic nitrogens is 4. The second-order valence-corrected chi connectivity index (χ2v) is 7.01. The summed E-state index contributed by atoms with van der Waals surface area (Å²) in [5, 5.41) is 4.53. The molecule has 1 aliphatic rings. The first-order valence-corrected chi connectivity index (χ1v) is 9.59. The van der Waals surface area contributed by atoms with Crippen molar-refractivity contribution in [1.82, 2.24) is 23.8 Å². The Morgan fingerprint density at radius 3 is 2.64 bits per heavy atom. The molecule has 1 saturated heterocycles. The van der Waals surface area contributed by atoms with E-state index in [1.807, 2.05) is 6.92 Å². The van der Waals surface area contributed by atoms with Crippen molar-refractivity contribution in [2.45, 2.75) is 38.8 Å². The Hall–Kier alpha value is -2.68. The van der Waals surface area contributed by atoms with Crippen molar-refractivity contribution in [3.63, 3.8) is 0 Å². The van der Waals surface area contributed by atoms with E-state index in [0.717, 1.165) is 5.82 Å². The second-order valence-electron chi connectivity index (χ2n) is 7.01. The predicted molar refractivity (Wildman–Crippen MR) is 104 cm³/mol. The number of rotatable bonds is 6. The Morgan fingerprint density at radius 1 is 1.29 bits per heavy atom. The molecule has 2 aromatic heterocycles. The molecule has 9 heteroatoms. The smallest absolute Gasteiger partial charge is 0.345 e. The lowest BCUT2D eigenvalue weighted by molar-refractivity contribution is 0.0707. The molecule has 0 atom stereocenters. The fourth-order valence-electron chi connectivity index (χ4n) is 3.65. The van der Waals surface area contributed by atoms with Gasteiger partial charge in [-0.25, -0.2) is 9.48 Å². The monoisotopic (exact) mass is 389 g/mol. The third kappa shape index (κ3) is 3.80. The van der Waals surface area contributed by atoms with E-state index in [4.69, 9.17) is 4.74 Å². The Morgan fingerprint density at radius 2 is 2.00 bits per heavy atom. The molecular formula is C19H27N5O4. The molecule has 3 rings (SSSR count). The van der Waals surface area contributed by atoms with E-state index < -0.39 is 0 Å². The second kappa shape index (κ2) is 8.55. The Bertz CT molecular complexity index is 950. The average Bonchev–Trinajstić information content (AvgIpc) is 3.03. The molecule has 0 N–H and O–H groups in total. The highest BCUT2D eigenvalue weighted by Crippen LogP contribution is 2.26. The van der Waals surface area contributed by atoms with Crippen LogP contribution in [0.15, 0.2) is 27.9 Å². The number of methoxy groups -OCH3 is 1. The molecule has 152 valence electrons. The van der Waals surface area contributed by atoms with Crippen molar-refractivity contribution >= 4 is 5.91 Å². The van der Waals surface area contributed by atoms with Gasteiger partial charge in [-0.15, -0.1) is 0 Å². The number of ether oxygens (including phenoxy) is 1. The molecule has 0 aliphatic carbocycles. The maximum absolute atomic E-state index is 12.7. The van der Waals surface area contributed by atoms with Gasteiger partial charge in [0.05, 0.1) is 13.2 Å². The molecule has 1 aliphatic heterocycles. The van der Waals surface area contributed by atoms with Gasteiger partial charge in [0.2, 0.25) is 0 Å². The molecule has 0 bridgehead atoms. The molecular weight excluding hydrogens is 362 g/mol. The fraction of sp³-hybridized carbons (Fsp3) is 0.579. The molecule has 1 fully saturated rings. The summed E-state index contributed by atoms with van der Waals surface area (Å²) >= 11 is 0. The van der Waals surface area contributed by atoms with Gasteiger partial charge in [0.25, 0.3) is 11.5 Å². The largest absolute Gasteiger partial charge is 0.383 e. The van der Waals surface area contributed by atoms with E-state index in [9.17, 15) is 14.4 Å². The van der Waals surface area contributed by atoms with Gasteiger partial charge in [0.1, 0.15) is 11.4 Å². The summed E-state index contributed by atoms with van der Waals surface area (Å²) < 4.78 is 9.61. The number of aryl methyl sites for hydroxylation is 1. The lowest BCUT2D eigenvalue weighted by atomic mass is 9.95. The number of carbonyl (C=O) groups is 1. The minimum absolute atomic E-state index is 0.110. The van der Waals surface area contributed by atoms with Crippen LogP contribution in [0.1, 0.15) is 41.9 Å². The zero-order chi connectivity index (χ0) is 20.3. The Labute approximate surface area is 163 Å². The average molecular weight is 389 g/mol. The summed E-state index contributed by atoms with van der Waals surface area (Å²) in [6.07, 6.45) is 3.05. The predicted octanol–water partition coefficient (Wildman–Crippen LogP) is 0.430. The molecule has 3 heterocycles. The van der Waals surface area contributed by atoms with Crippen molar-refractivity contribution in [3.8, 4) is 0 Å². The van der Waals surface area contributed by atoms with Crippen LogP contribution in [0, 0.1) is 0 Å². The summed E-state index contributed by atoms with van der Waals surface area (Å²) in [6, 6.07) is 3.27. The quantitative estimate of drug-likeness (QED) is 0.715. The third-order valence-electron chi connectivity index (χ3n) is 5.28. The fourth-order valence-corrected chi connectivity index (χ4v) is 3.65. The summed E-state index contributed by atoms with van der Waals surface area (Å²) in [5.74, 6) is 0.642. The van der Waals surface area contributed by atoms with Crippen LogP contribution in [0.25, 0.3) is 0 Å². The molecule has 9 nitrogen and oxygen atoms in total. The van der Waals surface area contributed by atoms with Gasteiger partial charge in [-0.2, -0.15) is 5.10 Å². The summed E-state index contributed by atoms with van der Waals surface area (Å²) in [7, 11) is 3.23. The molecule has 1 amide bonds. The van der Waals surface area contributed by atoms with E-state index in [-0.39, 0.29) is 28.6 Å². The number of amides is 1. The van der Waals surface area contributed by atoms with E-state index in [1.54, 1.807) is 42.0 Å². The first-order valence-electron chi connectivity index (χ1n) is 9.59. The summed E-state index contributed by atoms with van der Waals surface area (Å²) in [6.45, 7) is 4.40. The molecule has 0 saturated carbocycles. The molecule has 2 aromatic rings. The molecule has 0 radical (unpaired) electrons. The van der Waals surface area contributed by atoms with Crippen molar-refractivity contribution in [2.75, 3.05) is 26.8 Å². The van der Waals surface area contributed by atoms with E-state index >= 15 is 0 Å². The lowest BCUT2D eigenvalue weighted by Gasteiger charge is -2.31. The first-order chi connectivity index (χ1) is 13.5. The molecule has 0 aromatic carbocycles. The van der Waals surface area contributed by atoms with E-state index in [2.05, 4.69) is 5.10 Å². The minimum atomic E-state index is -0.286. The molecule has 0 spiro atoms.